The molecule has 15 heavy (non-hydrogen) atoms. The molecule has 1 rings (SSSR count). The SMILES string of the molecule is C[C@H](Oc1ccc(Br)cc1)C(=O)N(C)C. The molecule has 1 aromatic carbocycles. The molecule has 0 unspecified atom stereocenters. The smallest absolute Gasteiger partial charge is 0.262 e. The van der Waals surface area contributed by atoms with Crippen molar-refractivity contribution in [3.05, 3.63) is 28.7 Å². The largest absolute Gasteiger partial charge is 0.481 e. The van der Waals surface area contributed by atoms with Crippen LogP contribution in [-0.4, -0.2) is 31.0 Å². The molecule has 3 nitrogen and oxygen atoms in total. The van der Waals surface area contributed by atoms with Crippen LogP contribution < -0.4 is 4.74 Å². The van der Waals surface area contributed by atoms with Gasteiger partial charge in [0.2, 0.25) is 0 Å². The summed E-state index contributed by atoms with van der Waals surface area (Å²) in [5.41, 5.74) is 0. The number of hydrogen-bond donors (Lipinski definition) is 0. The monoisotopic (exact) mass is 271 g/mol. The van der Waals surface area contributed by atoms with Gasteiger partial charge in [-0.3, -0.25) is 4.79 Å². The molecule has 82 valence electrons. The second-order valence-electron chi connectivity index (χ2n) is 3.45. The topological polar surface area (TPSA) is 29.5 Å². The Labute approximate surface area is 98.2 Å². The summed E-state index contributed by atoms with van der Waals surface area (Å²) in [6.45, 7) is 1.74. The molecule has 1 aromatic rings. The number of ether oxygens (including phenoxy) is 1. The number of likely N-dealkylation sites (N-methyl/N-ethyl adjacent to an activating group) is 1. The zero-order chi connectivity index (χ0) is 11.4. The summed E-state index contributed by atoms with van der Waals surface area (Å²) in [6.07, 6.45) is -0.457. The maximum Gasteiger partial charge on any atom is 0.262 e. The summed E-state index contributed by atoms with van der Waals surface area (Å²) in [6, 6.07) is 7.40. The zero-order valence-corrected chi connectivity index (χ0v) is 10.6. The van der Waals surface area contributed by atoms with Crippen molar-refractivity contribution in [2.24, 2.45) is 0 Å². The highest BCUT2D eigenvalue weighted by Gasteiger charge is 2.15. The molecule has 0 aromatic heterocycles. The molecule has 0 N–H and O–H groups in total. The first-order chi connectivity index (χ1) is 7.00. The third-order valence-corrected chi connectivity index (χ3v) is 2.44. The van der Waals surface area contributed by atoms with Gasteiger partial charge in [0.25, 0.3) is 5.91 Å². The van der Waals surface area contributed by atoms with Crippen LogP contribution in [0.15, 0.2) is 28.7 Å². The molecule has 0 spiro atoms. The zero-order valence-electron chi connectivity index (χ0n) is 9.03. The van der Waals surface area contributed by atoms with E-state index in [1.807, 2.05) is 24.3 Å². The fourth-order valence-corrected chi connectivity index (χ4v) is 1.40. The molecule has 0 fully saturated rings. The van der Waals surface area contributed by atoms with E-state index < -0.39 is 6.10 Å². The van der Waals surface area contributed by atoms with Crippen LogP contribution in [0.3, 0.4) is 0 Å². The molecule has 1 amide bonds. The summed E-state index contributed by atoms with van der Waals surface area (Å²) in [7, 11) is 3.42. The Balaban J connectivity index is 2.62. The van der Waals surface area contributed by atoms with E-state index in [2.05, 4.69) is 15.9 Å². The lowest BCUT2D eigenvalue weighted by Gasteiger charge is -2.18. The Morgan fingerprint density at radius 1 is 1.33 bits per heavy atom. The van der Waals surface area contributed by atoms with Crippen molar-refractivity contribution < 1.29 is 9.53 Å². The number of carbonyl (C=O) groups excluding carboxylic acids is 1. The molecule has 0 aliphatic heterocycles. The van der Waals surface area contributed by atoms with Crippen LogP contribution in [0, 0.1) is 0 Å². The number of carbonyl (C=O) groups is 1. The lowest BCUT2D eigenvalue weighted by molar-refractivity contribution is -0.135. The van der Waals surface area contributed by atoms with Crippen LogP contribution in [0.2, 0.25) is 0 Å². The van der Waals surface area contributed by atoms with Gasteiger partial charge in [-0.25, -0.2) is 0 Å². The summed E-state index contributed by atoms with van der Waals surface area (Å²) in [5, 5.41) is 0. The number of halogens is 1. The summed E-state index contributed by atoms with van der Waals surface area (Å²) >= 11 is 3.33. The molecular formula is C11H14BrNO2. The van der Waals surface area contributed by atoms with Crippen LogP contribution in [0.1, 0.15) is 6.92 Å². The molecule has 1 atom stereocenters. The number of amides is 1. The second kappa shape index (κ2) is 5.16. The number of rotatable bonds is 3. The minimum absolute atomic E-state index is 0.0436. The highest BCUT2D eigenvalue weighted by Crippen LogP contribution is 2.17. The standard InChI is InChI=1S/C11H14BrNO2/c1-8(11(14)13(2)3)15-10-6-4-9(12)5-7-10/h4-8H,1-3H3/t8-/m0/s1. The van der Waals surface area contributed by atoms with Crippen molar-refractivity contribution in [3.8, 4) is 5.75 Å². The van der Waals surface area contributed by atoms with Gasteiger partial charge in [-0.15, -0.1) is 0 Å². The highest BCUT2D eigenvalue weighted by atomic mass is 79.9. The van der Waals surface area contributed by atoms with E-state index in [1.165, 1.54) is 4.90 Å². The van der Waals surface area contributed by atoms with Crippen molar-refractivity contribution in [3.63, 3.8) is 0 Å². The maximum absolute atomic E-state index is 11.5. The third-order valence-electron chi connectivity index (χ3n) is 1.92. The number of hydrogen-bond acceptors (Lipinski definition) is 2. The van der Waals surface area contributed by atoms with Crippen LogP contribution in [-0.2, 0) is 4.79 Å². The average molecular weight is 272 g/mol. The molecule has 0 heterocycles. The average Bonchev–Trinajstić information content (AvgIpc) is 2.20. The molecule has 0 bridgehead atoms. The van der Waals surface area contributed by atoms with E-state index in [9.17, 15) is 4.79 Å². The molecule has 0 saturated heterocycles. The van der Waals surface area contributed by atoms with Gasteiger partial charge < -0.3 is 9.64 Å². The first-order valence-electron chi connectivity index (χ1n) is 4.64. The third kappa shape index (κ3) is 3.55. The lowest BCUT2D eigenvalue weighted by Crippen LogP contribution is -2.35. The van der Waals surface area contributed by atoms with Gasteiger partial charge >= 0.3 is 0 Å². The normalized spacial score (nSPS) is 12.0. The van der Waals surface area contributed by atoms with Gasteiger partial charge in [0.05, 0.1) is 0 Å². The van der Waals surface area contributed by atoms with Gasteiger partial charge in [-0.05, 0) is 31.2 Å². The van der Waals surface area contributed by atoms with Gasteiger partial charge in [0, 0.05) is 18.6 Å². The first kappa shape index (κ1) is 12.0. The van der Waals surface area contributed by atoms with E-state index in [0.29, 0.717) is 5.75 Å². The van der Waals surface area contributed by atoms with Crippen LogP contribution >= 0.6 is 15.9 Å². The van der Waals surface area contributed by atoms with Crippen molar-refractivity contribution in [1.82, 2.24) is 4.90 Å². The van der Waals surface area contributed by atoms with Crippen LogP contribution in [0.5, 0.6) is 5.75 Å². The molecule has 0 saturated carbocycles. The molecule has 4 heteroatoms. The molecule has 0 aliphatic carbocycles. The van der Waals surface area contributed by atoms with Crippen molar-refractivity contribution >= 4 is 21.8 Å². The predicted molar refractivity (Wildman–Crippen MR) is 62.9 cm³/mol. The minimum Gasteiger partial charge on any atom is -0.481 e. The van der Waals surface area contributed by atoms with E-state index in [1.54, 1.807) is 21.0 Å². The Morgan fingerprint density at radius 2 is 1.87 bits per heavy atom. The molecule has 0 aliphatic rings. The summed E-state index contributed by atoms with van der Waals surface area (Å²) in [4.78, 5) is 13.0. The molecular weight excluding hydrogens is 258 g/mol. The Bertz CT molecular complexity index is 335. The number of nitrogens with zero attached hydrogens (tertiary/aromatic N) is 1. The second-order valence-corrected chi connectivity index (χ2v) is 4.36. The number of benzene rings is 1. The first-order valence-corrected chi connectivity index (χ1v) is 5.43. The Kier molecular flexibility index (Phi) is 4.15. The van der Waals surface area contributed by atoms with Crippen LogP contribution in [0.4, 0.5) is 0 Å². The lowest BCUT2D eigenvalue weighted by atomic mass is 10.3. The van der Waals surface area contributed by atoms with Crippen LogP contribution in [0.25, 0.3) is 0 Å². The minimum atomic E-state index is -0.457. The fourth-order valence-electron chi connectivity index (χ4n) is 1.13. The van der Waals surface area contributed by atoms with E-state index in [-0.39, 0.29) is 5.91 Å². The molecule has 0 radical (unpaired) electrons. The van der Waals surface area contributed by atoms with Crippen molar-refractivity contribution in [1.29, 1.82) is 0 Å². The predicted octanol–water partition coefficient (Wildman–Crippen LogP) is 2.30. The van der Waals surface area contributed by atoms with Gasteiger partial charge in [0.15, 0.2) is 6.10 Å². The highest BCUT2D eigenvalue weighted by molar-refractivity contribution is 9.10. The van der Waals surface area contributed by atoms with E-state index >= 15 is 0 Å². The van der Waals surface area contributed by atoms with Gasteiger partial charge in [-0.2, -0.15) is 0 Å². The fraction of sp³-hybridized carbons (Fsp3) is 0.364. The summed E-state index contributed by atoms with van der Waals surface area (Å²) < 4.78 is 6.47. The van der Waals surface area contributed by atoms with Crippen molar-refractivity contribution in [2.75, 3.05) is 14.1 Å². The quantitative estimate of drug-likeness (QED) is 0.845. The summed E-state index contributed by atoms with van der Waals surface area (Å²) in [5.74, 6) is 0.652. The Morgan fingerprint density at radius 3 is 2.33 bits per heavy atom. The van der Waals surface area contributed by atoms with E-state index in [4.69, 9.17) is 4.74 Å². The van der Waals surface area contributed by atoms with Crippen molar-refractivity contribution in [2.45, 2.75) is 13.0 Å². The Hall–Kier alpha value is -1.03. The van der Waals surface area contributed by atoms with Gasteiger partial charge in [-0.1, -0.05) is 15.9 Å². The van der Waals surface area contributed by atoms with Gasteiger partial charge in [0.1, 0.15) is 5.75 Å². The maximum atomic E-state index is 11.5. The van der Waals surface area contributed by atoms with E-state index in [0.717, 1.165) is 4.47 Å².